The van der Waals surface area contributed by atoms with Crippen molar-refractivity contribution < 1.29 is 13.6 Å². The SMILES string of the molecule is CCn1c(=C=C(C#N)C(=O)NCC(F)F)sc(=C=CNc2cccc(CCN3CCCC3)c2)c1=O. The molecule has 10 heteroatoms. The van der Waals surface area contributed by atoms with E-state index >= 15 is 0 Å². The average molecular weight is 500 g/mol. The van der Waals surface area contributed by atoms with E-state index in [0.29, 0.717) is 0 Å². The monoisotopic (exact) mass is 499 g/mol. The van der Waals surface area contributed by atoms with Crippen molar-refractivity contribution in [2.24, 2.45) is 0 Å². The molecule has 7 nitrogen and oxygen atoms in total. The van der Waals surface area contributed by atoms with Gasteiger partial charge >= 0.3 is 0 Å². The van der Waals surface area contributed by atoms with Gasteiger partial charge in [-0.25, -0.2) is 8.78 Å². The van der Waals surface area contributed by atoms with Gasteiger partial charge in [0.1, 0.15) is 15.3 Å². The van der Waals surface area contributed by atoms with Gasteiger partial charge in [0.2, 0.25) is 0 Å². The third kappa shape index (κ3) is 7.51. The molecule has 0 saturated carbocycles. The summed E-state index contributed by atoms with van der Waals surface area (Å²) in [7, 11) is 0. The molecular formula is C25H27F2N5O2S. The number of amides is 1. The second-order valence-corrected chi connectivity index (χ2v) is 8.93. The van der Waals surface area contributed by atoms with Crippen LogP contribution in [-0.2, 0) is 17.8 Å². The predicted molar refractivity (Wildman–Crippen MR) is 132 cm³/mol. The van der Waals surface area contributed by atoms with E-state index in [9.17, 15) is 23.6 Å². The fraction of sp³-hybridized carbons (Fsp3) is 0.400. The molecule has 1 aliphatic heterocycles. The van der Waals surface area contributed by atoms with E-state index in [0.717, 1.165) is 43.1 Å². The molecule has 1 aliphatic rings. The van der Waals surface area contributed by atoms with Crippen molar-refractivity contribution in [2.45, 2.75) is 39.2 Å². The molecule has 0 spiro atoms. The Morgan fingerprint density at radius 2 is 2.09 bits per heavy atom. The summed E-state index contributed by atoms with van der Waals surface area (Å²) < 4.78 is 26.5. The molecule has 35 heavy (non-hydrogen) atoms. The Bertz CT molecular complexity index is 1340. The molecule has 184 valence electrons. The van der Waals surface area contributed by atoms with Crippen molar-refractivity contribution in [3.63, 3.8) is 0 Å². The fourth-order valence-corrected chi connectivity index (χ4v) is 4.66. The largest absolute Gasteiger partial charge is 0.355 e. The minimum atomic E-state index is -2.74. The van der Waals surface area contributed by atoms with Gasteiger partial charge in [-0.3, -0.25) is 14.2 Å². The molecule has 0 bridgehead atoms. The number of nitriles is 1. The predicted octanol–water partition coefficient (Wildman–Crippen LogP) is 1.78. The molecule has 1 fully saturated rings. The van der Waals surface area contributed by atoms with Crippen LogP contribution in [0.4, 0.5) is 14.5 Å². The summed E-state index contributed by atoms with van der Waals surface area (Å²) in [4.78, 5) is 27.1. The van der Waals surface area contributed by atoms with Gasteiger partial charge in [-0.15, -0.1) is 0 Å². The Kier molecular flexibility index (Phi) is 9.59. The zero-order valence-corrected chi connectivity index (χ0v) is 20.3. The number of carbonyl (C=O) groups excluding carboxylic acids is 1. The molecule has 2 aromatic rings. The lowest BCUT2D eigenvalue weighted by molar-refractivity contribution is -0.117. The van der Waals surface area contributed by atoms with Crippen LogP contribution in [-0.4, -0.2) is 48.0 Å². The maximum Gasteiger partial charge on any atom is 0.277 e. The zero-order chi connectivity index (χ0) is 25.2. The molecule has 0 atom stereocenters. The van der Waals surface area contributed by atoms with Gasteiger partial charge in [-0.1, -0.05) is 34.9 Å². The average Bonchev–Trinajstić information content (AvgIpc) is 3.47. The number of nitrogens with zero attached hydrogens (tertiary/aromatic N) is 3. The number of aromatic nitrogens is 1. The quantitative estimate of drug-likeness (QED) is 0.406. The third-order valence-corrected chi connectivity index (χ3v) is 6.48. The summed E-state index contributed by atoms with van der Waals surface area (Å²) in [6, 6.07) is 9.70. The Labute approximate surface area is 206 Å². The Morgan fingerprint density at radius 3 is 2.77 bits per heavy atom. The van der Waals surface area contributed by atoms with Crippen molar-refractivity contribution in [1.82, 2.24) is 14.8 Å². The smallest absolute Gasteiger partial charge is 0.277 e. The number of hydrogen-bond donors (Lipinski definition) is 2. The van der Waals surface area contributed by atoms with E-state index in [2.05, 4.69) is 33.8 Å². The summed E-state index contributed by atoms with van der Waals surface area (Å²) in [6.45, 7) is 4.51. The van der Waals surface area contributed by atoms with Crippen LogP contribution in [0.1, 0.15) is 25.3 Å². The molecule has 0 unspecified atom stereocenters. The minimum Gasteiger partial charge on any atom is -0.355 e. The van der Waals surface area contributed by atoms with Crippen LogP contribution in [0.25, 0.3) is 11.5 Å². The first-order valence-corrected chi connectivity index (χ1v) is 12.2. The highest BCUT2D eigenvalue weighted by Crippen LogP contribution is 2.13. The number of alkyl halides is 2. The van der Waals surface area contributed by atoms with Crippen LogP contribution in [0.2, 0.25) is 0 Å². The molecule has 0 aliphatic carbocycles. The van der Waals surface area contributed by atoms with Gasteiger partial charge in [-0.05, 0) is 57.0 Å². The standard InChI is InChI=1S/C25H27F2N5O2S/c1-2-32-23(15-19(16-28)24(33)30-17-22(26)27)35-21(25(32)34)8-10-29-20-7-5-6-18(14-20)9-13-31-11-3-4-12-31/h5-7,10,14,22,29H,2-4,9,11-13,17H2,1H3,(H,30,33). The van der Waals surface area contributed by atoms with Crippen LogP contribution < -0.4 is 25.4 Å². The number of rotatable bonds is 9. The van der Waals surface area contributed by atoms with E-state index in [4.69, 9.17) is 0 Å². The van der Waals surface area contributed by atoms with Crippen molar-refractivity contribution >= 4 is 34.4 Å². The van der Waals surface area contributed by atoms with Crippen LogP contribution >= 0.6 is 11.3 Å². The summed E-state index contributed by atoms with van der Waals surface area (Å²) in [5.74, 6) is -0.969. The first-order chi connectivity index (χ1) is 16.9. The minimum absolute atomic E-state index is 0.237. The third-order valence-electron chi connectivity index (χ3n) is 5.47. The van der Waals surface area contributed by atoms with Crippen LogP contribution in [0, 0.1) is 11.3 Å². The molecule has 2 heterocycles. The molecule has 3 rings (SSSR count). The maximum atomic E-state index is 12.7. The highest BCUT2D eigenvalue weighted by molar-refractivity contribution is 7.07. The Morgan fingerprint density at radius 1 is 1.31 bits per heavy atom. The molecule has 1 saturated heterocycles. The highest BCUT2D eigenvalue weighted by atomic mass is 32.1. The van der Waals surface area contributed by atoms with Crippen molar-refractivity contribution in [3.8, 4) is 6.07 Å². The van der Waals surface area contributed by atoms with Crippen LogP contribution in [0.5, 0.6) is 0 Å². The number of thiazole rings is 1. The summed E-state index contributed by atoms with van der Waals surface area (Å²) in [5, 5.41) is 14.3. The van der Waals surface area contributed by atoms with Crippen LogP contribution in [0.15, 0.2) is 40.8 Å². The molecule has 1 aromatic carbocycles. The number of anilines is 1. The molecule has 2 N–H and O–H groups in total. The zero-order valence-electron chi connectivity index (χ0n) is 19.4. The first-order valence-electron chi connectivity index (χ1n) is 11.4. The van der Waals surface area contributed by atoms with Gasteiger partial charge in [-0.2, -0.15) is 5.26 Å². The summed E-state index contributed by atoms with van der Waals surface area (Å²) in [5.41, 5.74) is 6.78. The van der Waals surface area contributed by atoms with E-state index in [1.165, 1.54) is 23.0 Å². The molecule has 0 radical (unpaired) electrons. The van der Waals surface area contributed by atoms with Gasteiger partial charge in [0.05, 0.1) is 6.54 Å². The van der Waals surface area contributed by atoms with E-state index < -0.39 is 24.5 Å². The molecule has 1 amide bonds. The molecule has 1 aromatic heterocycles. The van der Waals surface area contributed by atoms with E-state index in [1.807, 2.05) is 17.4 Å². The topological polar surface area (TPSA) is 90.2 Å². The lowest BCUT2D eigenvalue weighted by Crippen LogP contribution is -2.31. The normalized spacial score (nSPS) is 13.1. The lowest BCUT2D eigenvalue weighted by atomic mass is 10.1. The highest BCUT2D eigenvalue weighted by Gasteiger charge is 2.12. The summed E-state index contributed by atoms with van der Waals surface area (Å²) in [6.07, 6.45) is 2.31. The van der Waals surface area contributed by atoms with E-state index in [-0.39, 0.29) is 21.3 Å². The van der Waals surface area contributed by atoms with Crippen LogP contribution in [0.3, 0.4) is 0 Å². The number of benzene rings is 1. The van der Waals surface area contributed by atoms with Crippen molar-refractivity contribution in [1.29, 1.82) is 5.26 Å². The van der Waals surface area contributed by atoms with Crippen molar-refractivity contribution in [2.75, 3.05) is 31.5 Å². The van der Waals surface area contributed by atoms with Gasteiger partial charge in [0.25, 0.3) is 17.9 Å². The van der Waals surface area contributed by atoms with Gasteiger partial charge in [0.15, 0.2) is 5.57 Å². The lowest BCUT2D eigenvalue weighted by Gasteiger charge is -2.14. The van der Waals surface area contributed by atoms with Gasteiger partial charge < -0.3 is 15.5 Å². The number of halogens is 2. The Hall–Kier alpha value is -3.47. The number of nitrogens with one attached hydrogen (secondary N) is 2. The Balaban J connectivity index is 1.84. The maximum absolute atomic E-state index is 12.7. The number of hydrogen-bond acceptors (Lipinski definition) is 6. The van der Waals surface area contributed by atoms with E-state index in [1.54, 1.807) is 19.2 Å². The summed E-state index contributed by atoms with van der Waals surface area (Å²) >= 11 is 1.01. The second-order valence-electron chi connectivity index (χ2n) is 7.93. The number of likely N-dealkylation sites (tertiary alicyclic amines) is 1. The number of carbonyl (C=O) groups is 1. The van der Waals surface area contributed by atoms with Gasteiger partial charge in [0, 0.05) is 25.0 Å². The second kappa shape index (κ2) is 12.8. The molecular weight excluding hydrogens is 472 g/mol. The van der Waals surface area contributed by atoms with Crippen molar-refractivity contribution in [3.05, 3.63) is 61.2 Å². The fourth-order valence-electron chi connectivity index (χ4n) is 3.68. The first kappa shape index (κ1) is 26.1.